The molecule has 2 aromatic carbocycles. The second kappa shape index (κ2) is 8.02. The highest BCUT2D eigenvalue weighted by Gasteiger charge is 2.19. The Hall–Kier alpha value is -2.87. The number of morpholine rings is 1. The molecule has 7 heteroatoms. The largest absolute Gasteiger partial charge is 0.398 e. The zero-order valence-corrected chi connectivity index (χ0v) is 16.0. The number of ether oxygens (including phenoxy) is 1. The lowest BCUT2D eigenvalue weighted by Gasteiger charge is -2.26. The summed E-state index contributed by atoms with van der Waals surface area (Å²) in [6.07, 6.45) is 1.88. The standard InChI is InChI=1S/C21H26N6O.H2/c1-15-2-7-19(22)18(12-15)21(23)20-14-27(25-24-20)17-5-3-16(4-6-17)13-26-8-10-28-11-9-26;/h2-7,12,14,23-25H,8-11,13,22H2,1H3;1H. The van der Waals surface area contributed by atoms with Gasteiger partial charge in [-0.05, 0) is 36.8 Å². The quantitative estimate of drug-likeness (QED) is 0.470. The molecule has 1 saturated heterocycles. The van der Waals surface area contributed by atoms with Gasteiger partial charge in [-0.25, -0.2) is 0 Å². The molecule has 2 aromatic rings. The van der Waals surface area contributed by atoms with Crippen LogP contribution in [0.5, 0.6) is 0 Å². The number of nitrogen functional groups attached to an aromatic ring is 1. The van der Waals surface area contributed by atoms with Gasteiger partial charge < -0.3 is 10.5 Å². The van der Waals surface area contributed by atoms with E-state index < -0.39 is 0 Å². The Bertz CT molecular complexity index is 893. The average molecular weight is 380 g/mol. The van der Waals surface area contributed by atoms with Crippen LogP contribution in [0.4, 0.5) is 11.4 Å². The van der Waals surface area contributed by atoms with Crippen molar-refractivity contribution in [2.75, 3.05) is 37.0 Å². The van der Waals surface area contributed by atoms with E-state index >= 15 is 0 Å². The number of rotatable bonds is 5. The number of nitrogens with two attached hydrogens (primary N) is 1. The minimum absolute atomic E-state index is 0. The molecule has 2 heterocycles. The SMILES string of the molecule is Cc1ccc(N)c(C(=N)C2=CN(c3ccc(CN4CCOCC4)cc3)NN2)c1.[HH]. The van der Waals surface area contributed by atoms with Crippen LogP contribution < -0.4 is 21.7 Å². The van der Waals surface area contributed by atoms with Crippen LogP contribution in [-0.2, 0) is 11.3 Å². The summed E-state index contributed by atoms with van der Waals surface area (Å²) in [4.78, 5) is 2.40. The van der Waals surface area contributed by atoms with E-state index in [9.17, 15) is 0 Å². The minimum Gasteiger partial charge on any atom is -0.398 e. The third-order valence-corrected chi connectivity index (χ3v) is 5.04. The molecule has 0 saturated carbocycles. The van der Waals surface area contributed by atoms with Gasteiger partial charge in [-0.2, -0.15) is 0 Å². The average Bonchev–Trinajstić information content (AvgIpc) is 3.21. The molecule has 5 N–H and O–H groups in total. The molecule has 148 valence electrons. The molecule has 0 unspecified atom stereocenters. The summed E-state index contributed by atoms with van der Waals surface area (Å²) >= 11 is 0. The lowest BCUT2D eigenvalue weighted by atomic mass is 10.0. The highest BCUT2D eigenvalue weighted by atomic mass is 16.5. The van der Waals surface area contributed by atoms with Gasteiger partial charge in [0.05, 0.1) is 36.5 Å². The van der Waals surface area contributed by atoms with Gasteiger partial charge >= 0.3 is 0 Å². The maximum atomic E-state index is 8.50. The normalized spacial score (nSPS) is 17.3. The van der Waals surface area contributed by atoms with E-state index in [2.05, 4.69) is 40.1 Å². The first kappa shape index (κ1) is 18.5. The molecule has 0 atom stereocenters. The fraction of sp³-hybridized carbons (Fsp3) is 0.286. The van der Waals surface area contributed by atoms with E-state index in [0.717, 1.165) is 49.7 Å². The third kappa shape index (κ3) is 4.01. The lowest BCUT2D eigenvalue weighted by Crippen LogP contribution is -2.37. The predicted molar refractivity (Wildman–Crippen MR) is 114 cm³/mol. The minimum atomic E-state index is 0. The molecule has 28 heavy (non-hydrogen) atoms. The Morgan fingerprint density at radius 1 is 1.18 bits per heavy atom. The first-order valence-corrected chi connectivity index (χ1v) is 9.47. The van der Waals surface area contributed by atoms with Crippen LogP contribution in [0.15, 0.2) is 54.4 Å². The van der Waals surface area contributed by atoms with Crippen LogP contribution in [0, 0.1) is 12.3 Å². The highest BCUT2D eigenvalue weighted by Crippen LogP contribution is 2.21. The summed E-state index contributed by atoms with van der Waals surface area (Å²) in [6.45, 7) is 6.52. The van der Waals surface area contributed by atoms with Gasteiger partial charge in [-0.3, -0.25) is 20.7 Å². The predicted octanol–water partition coefficient (Wildman–Crippen LogP) is 2.39. The number of nitrogens with one attached hydrogen (secondary N) is 3. The molecule has 0 radical (unpaired) electrons. The third-order valence-electron chi connectivity index (χ3n) is 5.04. The summed E-state index contributed by atoms with van der Waals surface area (Å²) < 4.78 is 5.40. The van der Waals surface area contributed by atoms with Gasteiger partial charge in [0, 0.05) is 32.3 Å². The Labute approximate surface area is 166 Å². The first-order valence-electron chi connectivity index (χ1n) is 9.47. The molecule has 0 aromatic heterocycles. The van der Waals surface area contributed by atoms with Crippen molar-refractivity contribution < 1.29 is 6.16 Å². The number of allylic oxidation sites excluding steroid dienone is 1. The van der Waals surface area contributed by atoms with Crippen LogP contribution >= 0.6 is 0 Å². The number of hydrogen-bond acceptors (Lipinski definition) is 7. The van der Waals surface area contributed by atoms with Crippen molar-refractivity contribution in [2.24, 2.45) is 0 Å². The smallest absolute Gasteiger partial charge is 0.0941 e. The van der Waals surface area contributed by atoms with Crippen LogP contribution in [0.25, 0.3) is 0 Å². The molecule has 7 nitrogen and oxygen atoms in total. The maximum Gasteiger partial charge on any atom is 0.0941 e. The Morgan fingerprint density at radius 2 is 1.93 bits per heavy atom. The molecule has 0 aliphatic carbocycles. The van der Waals surface area contributed by atoms with Crippen molar-refractivity contribution >= 4 is 17.1 Å². The van der Waals surface area contributed by atoms with Gasteiger partial charge in [0.2, 0.25) is 0 Å². The number of benzene rings is 2. The van der Waals surface area contributed by atoms with E-state index in [1.165, 1.54) is 5.56 Å². The summed E-state index contributed by atoms with van der Waals surface area (Å²) in [5, 5.41) is 10.4. The Balaban J connectivity index is 0.00000240. The lowest BCUT2D eigenvalue weighted by molar-refractivity contribution is 0.0342. The van der Waals surface area contributed by atoms with Crippen LogP contribution in [0.1, 0.15) is 18.1 Å². The van der Waals surface area contributed by atoms with Crippen molar-refractivity contribution in [1.29, 1.82) is 5.41 Å². The topological polar surface area (TPSA) is 89.6 Å². The molecule has 0 amide bonds. The van der Waals surface area contributed by atoms with Crippen LogP contribution in [-0.4, -0.2) is 36.9 Å². The molecule has 4 rings (SSSR count). The van der Waals surface area contributed by atoms with Gasteiger partial charge in [0.15, 0.2) is 0 Å². The van der Waals surface area contributed by atoms with Crippen molar-refractivity contribution in [2.45, 2.75) is 13.5 Å². The highest BCUT2D eigenvalue weighted by molar-refractivity contribution is 6.13. The van der Waals surface area contributed by atoms with Crippen LogP contribution in [0.2, 0.25) is 0 Å². The van der Waals surface area contributed by atoms with Crippen molar-refractivity contribution in [3.63, 3.8) is 0 Å². The van der Waals surface area contributed by atoms with Gasteiger partial charge in [-0.1, -0.05) is 23.8 Å². The molecular weight excluding hydrogens is 352 g/mol. The molecular formula is C21H28N6O. The Kier molecular flexibility index (Phi) is 5.29. The molecule has 1 fully saturated rings. The number of hydrazine groups is 2. The fourth-order valence-electron chi connectivity index (χ4n) is 3.39. The van der Waals surface area contributed by atoms with E-state index in [1.807, 2.05) is 36.3 Å². The van der Waals surface area contributed by atoms with Gasteiger partial charge in [0.1, 0.15) is 0 Å². The summed E-state index contributed by atoms with van der Waals surface area (Å²) in [5.41, 5.74) is 17.9. The van der Waals surface area contributed by atoms with Crippen molar-refractivity contribution in [1.82, 2.24) is 15.9 Å². The summed E-state index contributed by atoms with van der Waals surface area (Å²) in [7, 11) is 0. The zero-order chi connectivity index (χ0) is 19.5. The number of hydrogen-bond donors (Lipinski definition) is 4. The molecule has 0 bridgehead atoms. The summed E-state index contributed by atoms with van der Waals surface area (Å²) in [5.74, 6) is 0. The van der Waals surface area contributed by atoms with E-state index in [-0.39, 0.29) is 1.43 Å². The molecule has 2 aliphatic heterocycles. The number of nitrogens with zero attached hydrogens (tertiary/aromatic N) is 2. The van der Waals surface area contributed by atoms with E-state index in [4.69, 9.17) is 15.9 Å². The van der Waals surface area contributed by atoms with Crippen molar-refractivity contribution in [3.8, 4) is 0 Å². The monoisotopic (exact) mass is 380 g/mol. The maximum absolute atomic E-state index is 8.50. The number of aryl methyl sites for hydroxylation is 1. The Morgan fingerprint density at radius 3 is 2.68 bits per heavy atom. The van der Waals surface area contributed by atoms with Gasteiger partial charge in [0.25, 0.3) is 0 Å². The first-order chi connectivity index (χ1) is 13.6. The second-order valence-corrected chi connectivity index (χ2v) is 7.17. The zero-order valence-electron chi connectivity index (χ0n) is 16.0. The molecule has 0 spiro atoms. The second-order valence-electron chi connectivity index (χ2n) is 7.17. The van der Waals surface area contributed by atoms with Gasteiger partial charge in [-0.15, -0.1) is 5.53 Å². The fourth-order valence-corrected chi connectivity index (χ4v) is 3.39. The van der Waals surface area contributed by atoms with E-state index in [1.54, 1.807) is 0 Å². The molecule has 2 aliphatic rings. The number of anilines is 2. The van der Waals surface area contributed by atoms with E-state index in [0.29, 0.717) is 17.1 Å². The van der Waals surface area contributed by atoms with Crippen molar-refractivity contribution in [3.05, 3.63) is 71.1 Å². The van der Waals surface area contributed by atoms with Crippen LogP contribution in [0.3, 0.4) is 0 Å². The summed E-state index contributed by atoms with van der Waals surface area (Å²) in [6, 6.07) is 14.2.